The van der Waals surface area contributed by atoms with Gasteiger partial charge < -0.3 is 0 Å². The molecular weight excluding hydrogens is 154 g/mol. The van der Waals surface area contributed by atoms with E-state index in [0.717, 1.165) is 5.69 Å². The second-order valence-corrected chi connectivity index (χ2v) is 4.25. The maximum absolute atomic E-state index is 4.45. The van der Waals surface area contributed by atoms with Crippen molar-refractivity contribution in [1.82, 2.24) is 4.98 Å². The first-order valence-electron chi connectivity index (χ1n) is 4.03. The molecule has 0 spiro atoms. The van der Waals surface area contributed by atoms with E-state index < -0.39 is 0 Å². The minimum atomic E-state index is 0.605. The van der Waals surface area contributed by atoms with Crippen LogP contribution in [0.25, 0.3) is 0 Å². The molecule has 0 N–H and O–H groups in total. The van der Waals surface area contributed by atoms with E-state index in [-0.39, 0.29) is 0 Å². The van der Waals surface area contributed by atoms with Crippen molar-refractivity contribution < 1.29 is 0 Å². The first-order valence-corrected chi connectivity index (χ1v) is 4.91. The minimum absolute atomic E-state index is 0.605. The van der Waals surface area contributed by atoms with Gasteiger partial charge in [0, 0.05) is 17.0 Å². The number of aryl methyl sites for hydroxylation is 1. The van der Waals surface area contributed by atoms with E-state index >= 15 is 0 Å². The van der Waals surface area contributed by atoms with Crippen molar-refractivity contribution in [3.05, 3.63) is 16.1 Å². The normalized spacial score (nSPS) is 13.9. The van der Waals surface area contributed by atoms with Gasteiger partial charge in [-0.2, -0.15) is 0 Å². The van der Waals surface area contributed by atoms with Gasteiger partial charge in [0.1, 0.15) is 0 Å². The van der Waals surface area contributed by atoms with Crippen LogP contribution in [0.2, 0.25) is 0 Å². The second-order valence-electron chi connectivity index (χ2n) is 3.36. The molecule has 1 aromatic rings. The Hall–Kier alpha value is -0.370. The van der Waals surface area contributed by atoms with Crippen LogP contribution in [-0.2, 0) is 0 Å². The molecule has 1 heterocycles. The molecule has 1 aromatic heterocycles. The number of aromatic nitrogens is 1. The second kappa shape index (κ2) is 3.35. The molecule has 62 valence electrons. The predicted molar refractivity (Wildman–Crippen MR) is 50.1 cm³/mol. The Balaban J connectivity index is 2.76. The highest BCUT2D eigenvalue weighted by Crippen LogP contribution is 2.25. The number of nitrogens with zero attached hydrogens (tertiary/aromatic N) is 1. The van der Waals surface area contributed by atoms with E-state index in [0.29, 0.717) is 11.8 Å². The van der Waals surface area contributed by atoms with Gasteiger partial charge >= 0.3 is 0 Å². The third-order valence-corrected chi connectivity index (χ3v) is 3.19. The van der Waals surface area contributed by atoms with Crippen LogP contribution in [0.5, 0.6) is 0 Å². The summed E-state index contributed by atoms with van der Waals surface area (Å²) < 4.78 is 0. The molecule has 1 nitrogen and oxygen atoms in total. The molecule has 0 saturated heterocycles. The fourth-order valence-corrected chi connectivity index (χ4v) is 1.89. The molecule has 0 aromatic carbocycles. The van der Waals surface area contributed by atoms with E-state index in [1.165, 1.54) is 5.01 Å². The summed E-state index contributed by atoms with van der Waals surface area (Å²) in [5.41, 5.74) is 1.15. The summed E-state index contributed by atoms with van der Waals surface area (Å²) in [6, 6.07) is 0. The van der Waals surface area contributed by atoms with E-state index in [1.807, 2.05) is 6.92 Å². The molecule has 0 unspecified atom stereocenters. The SMILES string of the molecule is Cc1csc([C@@H](C)C(C)C)n1. The van der Waals surface area contributed by atoms with Crippen LogP contribution >= 0.6 is 11.3 Å². The Labute approximate surface area is 72.5 Å². The zero-order chi connectivity index (χ0) is 8.43. The zero-order valence-electron chi connectivity index (χ0n) is 7.59. The molecule has 1 atom stereocenters. The molecular formula is C9H15NS. The van der Waals surface area contributed by atoms with Crippen molar-refractivity contribution in [2.45, 2.75) is 33.6 Å². The summed E-state index contributed by atoms with van der Waals surface area (Å²) in [6.45, 7) is 8.76. The minimum Gasteiger partial charge on any atom is -0.246 e. The van der Waals surface area contributed by atoms with Crippen LogP contribution < -0.4 is 0 Å². The summed E-state index contributed by atoms with van der Waals surface area (Å²) in [5, 5.41) is 3.39. The molecule has 0 amide bonds. The smallest absolute Gasteiger partial charge is 0.0958 e. The van der Waals surface area contributed by atoms with Gasteiger partial charge in [-0.3, -0.25) is 0 Å². The lowest BCUT2D eigenvalue weighted by molar-refractivity contribution is 0.532. The van der Waals surface area contributed by atoms with Gasteiger partial charge in [0.2, 0.25) is 0 Å². The number of hydrogen-bond acceptors (Lipinski definition) is 2. The summed E-state index contributed by atoms with van der Waals surface area (Å²) in [5.74, 6) is 1.30. The molecule has 1 rings (SSSR count). The van der Waals surface area contributed by atoms with Crippen LogP contribution in [0.3, 0.4) is 0 Å². The maximum atomic E-state index is 4.45. The summed E-state index contributed by atoms with van der Waals surface area (Å²) >= 11 is 1.77. The fraction of sp³-hybridized carbons (Fsp3) is 0.667. The lowest BCUT2D eigenvalue weighted by Gasteiger charge is -2.11. The van der Waals surface area contributed by atoms with Crippen molar-refractivity contribution in [1.29, 1.82) is 0 Å². The molecule has 0 fully saturated rings. The molecule has 0 aliphatic rings. The summed E-state index contributed by atoms with van der Waals surface area (Å²) in [6.07, 6.45) is 0. The Morgan fingerprint density at radius 2 is 2.00 bits per heavy atom. The quantitative estimate of drug-likeness (QED) is 0.662. The highest BCUT2D eigenvalue weighted by atomic mass is 32.1. The molecule has 2 heteroatoms. The van der Waals surface area contributed by atoms with Crippen molar-refractivity contribution in [3.8, 4) is 0 Å². The first kappa shape index (κ1) is 8.72. The van der Waals surface area contributed by atoms with E-state index in [4.69, 9.17) is 0 Å². The Kier molecular flexibility index (Phi) is 2.66. The predicted octanol–water partition coefficient (Wildman–Crippen LogP) is 3.21. The molecule has 0 aliphatic carbocycles. The van der Waals surface area contributed by atoms with Gasteiger partial charge in [0.15, 0.2) is 0 Å². The lowest BCUT2D eigenvalue weighted by atomic mass is 9.99. The molecule has 0 saturated carbocycles. The third-order valence-electron chi connectivity index (χ3n) is 2.03. The van der Waals surface area contributed by atoms with Gasteiger partial charge in [-0.05, 0) is 12.8 Å². The standard InChI is InChI=1S/C9H15NS/c1-6(2)8(4)9-10-7(3)5-11-9/h5-6,8H,1-4H3/t8-/m0/s1. The average Bonchev–Trinajstić information content (AvgIpc) is 2.34. The van der Waals surface area contributed by atoms with Crippen molar-refractivity contribution in [2.75, 3.05) is 0 Å². The Bertz CT molecular complexity index is 227. The van der Waals surface area contributed by atoms with Crippen LogP contribution in [0.4, 0.5) is 0 Å². The van der Waals surface area contributed by atoms with Crippen molar-refractivity contribution >= 4 is 11.3 Å². The largest absolute Gasteiger partial charge is 0.246 e. The monoisotopic (exact) mass is 169 g/mol. The van der Waals surface area contributed by atoms with E-state index in [1.54, 1.807) is 11.3 Å². The Morgan fingerprint density at radius 3 is 2.36 bits per heavy atom. The van der Waals surface area contributed by atoms with Gasteiger partial charge in [0.25, 0.3) is 0 Å². The first-order chi connectivity index (χ1) is 5.11. The van der Waals surface area contributed by atoms with Gasteiger partial charge in [-0.1, -0.05) is 20.8 Å². The number of thiazole rings is 1. The molecule has 11 heavy (non-hydrogen) atoms. The van der Waals surface area contributed by atoms with Crippen molar-refractivity contribution in [3.63, 3.8) is 0 Å². The summed E-state index contributed by atoms with van der Waals surface area (Å²) in [4.78, 5) is 4.45. The van der Waals surface area contributed by atoms with Crippen LogP contribution in [0.1, 0.15) is 37.4 Å². The maximum Gasteiger partial charge on any atom is 0.0958 e. The average molecular weight is 169 g/mol. The molecule has 0 bridgehead atoms. The topological polar surface area (TPSA) is 12.9 Å². The van der Waals surface area contributed by atoms with E-state index in [2.05, 4.69) is 31.1 Å². The van der Waals surface area contributed by atoms with E-state index in [9.17, 15) is 0 Å². The highest BCUT2D eigenvalue weighted by molar-refractivity contribution is 7.09. The zero-order valence-corrected chi connectivity index (χ0v) is 8.40. The highest BCUT2D eigenvalue weighted by Gasteiger charge is 2.12. The lowest BCUT2D eigenvalue weighted by Crippen LogP contribution is -2.00. The van der Waals surface area contributed by atoms with Crippen LogP contribution in [0, 0.1) is 12.8 Å². The third kappa shape index (κ3) is 2.03. The van der Waals surface area contributed by atoms with Gasteiger partial charge in [-0.25, -0.2) is 4.98 Å². The van der Waals surface area contributed by atoms with Crippen molar-refractivity contribution in [2.24, 2.45) is 5.92 Å². The molecule has 0 aliphatic heterocycles. The van der Waals surface area contributed by atoms with Crippen LogP contribution in [0.15, 0.2) is 5.38 Å². The van der Waals surface area contributed by atoms with Gasteiger partial charge in [0.05, 0.1) is 5.01 Å². The number of rotatable bonds is 2. The molecule has 0 radical (unpaired) electrons. The fourth-order valence-electron chi connectivity index (χ4n) is 0.866. The Morgan fingerprint density at radius 1 is 1.36 bits per heavy atom. The van der Waals surface area contributed by atoms with Crippen LogP contribution in [-0.4, -0.2) is 4.98 Å². The van der Waals surface area contributed by atoms with Gasteiger partial charge in [-0.15, -0.1) is 11.3 Å². The summed E-state index contributed by atoms with van der Waals surface area (Å²) in [7, 11) is 0. The number of hydrogen-bond donors (Lipinski definition) is 0.